The summed E-state index contributed by atoms with van der Waals surface area (Å²) < 4.78 is 37.6. The van der Waals surface area contributed by atoms with Crippen molar-refractivity contribution < 1.29 is 13.2 Å². The third-order valence-electron chi connectivity index (χ3n) is 5.14. The van der Waals surface area contributed by atoms with Crippen LogP contribution in [0.1, 0.15) is 31.7 Å². The highest BCUT2D eigenvalue weighted by Crippen LogP contribution is 2.48. The van der Waals surface area contributed by atoms with E-state index in [9.17, 15) is 13.2 Å². The second-order valence-corrected chi connectivity index (χ2v) is 7.32. The summed E-state index contributed by atoms with van der Waals surface area (Å²) in [6, 6.07) is 10.4. The number of aliphatic imine (C=N–C) groups is 1. The van der Waals surface area contributed by atoms with Gasteiger partial charge in [0.2, 0.25) is 0 Å². The standard InChI is InChI=1S/C19H27F3N4.HI/c1-2-23-17(25-16-8-11-26(12-16)14-19(20,21)22)24-13-18(9-10-18)15-6-4-3-5-7-15;/h3-7,16H,2,8-14H2,1H3,(H2,23,24,25);1H. The zero-order valence-corrected chi connectivity index (χ0v) is 17.9. The molecule has 3 rings (SSSR count). The minimum atomic E-state index is -4.14. The maximum atomic E-state index is 12.5. The van der Waals surface area contributed by atoms with Crippen molar-refractivity contribution in [1.29, 1.82) is 0 Å². The molecule has 1 aliphatic heterocycles. The van der Waals surface area contributed by atoms with Crippen LogP contribution in [-0.4, -0.2) is 55.8 Å². The molecule has 27 heavy (non-hydrogen) atoms. The number of hydrogen-bond donors (Lipinski definition) is 2. The zero-order valence-electron chi connectivity index (χ0n) is 15.6. The summed E-state index contributed by atoms with van der Waals surface area (Å²) in [4.78, 5) is 6.19. The summed E-state index contributed by atoms with van der Waals surface area (Å²) in [5, 5.41) is 6.54. The number of nitrogens with one attached hydrogen (secondary N) is 2. The molecule has 1 saturated heterocycles. The van der Waals surface area contributed by atoms with Crippen molar-refractivity contribution in [2.24, 2.45) is 4.99 Å². The Labute approximate surface area is 176 Å². The van der Waals surface area contributed by atoms with Crippen LogP contribution in [0.4, 0.5) is 13.2 Å². The molecule has 0 spiro atoms. The SMILES string of the molecule is CCNC(=NCC1(c2ccccc2)CC1)NC1CCN(CC(F)(F)F)C1.I. The fourth-order valence-corrected chi connectivity index (χ4v) is 3.57. The van der Waals surface area contributed by atoms with Gasteiger partial charge < -0.3 is 10.6 Å². The Morgan fingerprint density at radius 1 is 1.26 bits per heavy atom. The molecule has 152 valence electrons. The molecule has 1 aliphatic carbocycles. The molecule has 1 aromatic rings. The molecular weight excluding hydrogens is 468 g/mol. The van der Waals surface area contributed by atoms with E-state index in [0.29, 0.717) is 32.0 Å². The van der Waals surface area contributed by atoms with Crippen LogP contribution in [0, 0.1) is 0 Å². The normalized spacial score (nSPS) is 22.2. The number of alkyl halides is 3. The topological polar surface area (TPSA) is 39.7 Å². The largest absolute Gasteiger partial charge is 0.401 e. The number of nitrogens with zero attached hydrogens (tertiary/aromatic N) is 2. The molecule has 1 heterocycles. The zero-order chi connectivity index (χ0) is 18.6. The first-order valence-electron chi connectivity index (χ1n) is 9.30. The van der Waals surface area contributed by atoms with Crippen LogP contribution in [0.15, 0.2) is 35.3 Å². The molecule has 8 heteroatoms. The third kappa shape index (κ3) is 6.51. The Morgan fingerprint density at radius 3 is 2.56 bits per heavy atom. The first-order valence-corrected chi connectivity index (χ1v) is 9.30. The average Bonchev–Trinajstić information content (AvgIpc) is 3.27. The third-order valence-corrected chi connectivity index (χ3v) is 5.14. The van der Waals surface area contributed by atoms with Gasteiger partial charge in [0.15, 0.2) is 5.96 Å². The van der Waals surface area contributed by atoms with Crippen molar-refractivity contribution in [3.05, 3.63) is 35.9 Å². The quantitative estimate of drug-likeness (QED) is 0.360. The van der Waals surface area contributed by atoms with Gasteiger partial charge in [0.25, 0.3) is 0 Å². The van der Waals surface area contributed by atoms with Crippen molar-refractivity contribution in [2.75, 3.05) is 32.7 Å². The second-order valence-electron chi connectivity index (χ2n) is 7.32. The monoisotopic (exact) mass is 496 g/mol. The van der Waals surface area contributed by atoms with Gasteiger partial charge in [-0.05, 0) is 31.7 Å². The van der Waals surface area contributed by atoms with E-state index in [0.717, 1.165) is 19.4 Å². The van der Waals surface area contributed by atoms with Gasteiger partial charge in [0.05, 0.1) is 13.1 Å². The van der Waals surface area contributed by atoms with Crippen LogP contribution in [0.5, 0.6) is 0 Å². The van der Waals surface area contributed by atoms with E-state index in [2.05, 4.69) is 34.9 Å². The molecule has 2 N–H and O–H groups in total. The molecule has 0 bridgehead atoms. The molecular formula is C19H28F3IN4. The molecule has 1 aromatic carbocycles. The van der Waals surface area contributed by atoms with E-state index in [1.165, 1.54) is 10.5 Å². The molecule has 2 fully saturated rings. The first kappa shape index (κ1) is 22.3. The van der Waals surface area contributed by atoms with E-state index < -0.39 is 12.7 Å². The van der Waals surface area contributed by atoms with Crippen molar-refractivity contribution in [3.63, 3.8) is 0 Å². The predicted octanol–water partition coefficient (Wildman–Crippen LogP) is 3.53. The van der Waals surface area contributed by atoms with Gasteiger partial charge >= 0.3 is 6.18 Å². The molecule has 0 amide bonds. The van der Waals surface area contributed by atoms with Gasteiger partial charge in [-0.3, -0.25) is 9.89 Å². The summed E-state index contributed by atoms with van der Waals surface area (Å²) in [6.45, 7) is 3.44. The van der Waals surface area contributed by atoms with Crippen LogP contribution in [0.25, 0.3) is 0 Å². The highest BCUT2D eigenvalue weighted by molar-refractivity contribution is 14.0. The van der Waals surface area contributed by atoms with Gasteiger partial charge in [0.1, 0.15) is 0 Å². The fraction of sp³-hybridized carbons (Fsp3) is 0.632. The summed E-state index contributed by atoms with van der Waals surface area (Å²) >= 11 is 0. The Bertz CT molecular complexity index is 617. The van der Waals surface area contributed by atoms with Crippen molar-refractivity contribution in [2.45, 2.75) is 43.8 Å². The predicted molar refractivity (Wildman–Crippen MR) is 113 cm³/mol. The molecule has 0 radical (unpaired) electrons. The van der Waals surface area contributed by atoms with Crippen LogP contribution >= 0.6 is 24.0 Å². The fourth-order valence-electron chi connectivity index (χ4n) is 3.57. The molecule has 1 saturated carbocycles. The Balaban J connectivity index is 0.00000261. The van der Waals surface area contributed by atoms with Crippen molar-refractivity contribution in [3.8, 4) is 0 Å². The number of likely N-dealkylation sites (tertiary alicyclic amines) is 1. The lowest BCUT2D eigenvalue weighted by Gasteiger charge is -2.20. The first-order chi connectivity index (χ1) is 12.4. The summed E-state index contributed by atoms with van der Waals surface area (Å²) in [5.74, 6) is 0.702. The molecule has 4 nitrogen and oxygen atoms in total. The van der Waals surface area contributed by atoms with Crippen LogP contribution in [-0.2, 0) is 5.41 Å². The van der Waals surface area contributed by atoms with Gasteiger partial charge in [-0.25, -0.2) is 0 Å². The number of halogens is 4. The molecule has 1 atom stereocenters. The Morgan fingerprint density at radius 2 is 1.96 bits per heavy atom. The lowest BCUT2D eigenvalue weighted by molar-refractivity contribution is -0.143. The van der Waals surface area contributed by atoms with E-state index >= 15 is 0 Å². The maximum Gasteiger partial charge on any atom is 0.401 e. The van der Waals surface area contributed by atoms with Gasteiger partial charge in [-0.2, -0.15) is 13.2 Å². The van der Waals surface area contributed by atoms with Crippen LogP contribution in [0.3, 0.4) is 0 Å². The van der Waals surface area contributed by atoms with E-state index in [1.54, 1.807) is 0 Å². The molecule has 2 aliphatic rings. The van der Waals surface area contributed by atoms with Crippen LogP contribution in [0.2, 0.25) is 0 Å². The minimum Gasteiger partial charge on any atom is -0.357 e. The smallest absolute Gasteiger partial charge is 0.357 e. The number of guanidine groups is 1. The van der Waals surface area contributed by atoms with Gasteiger partial charge in [-0.15, -0.1) is 24.0 Å². The highest BCUT2D eigenvalue weighted by Gasteiger charge is 2.44. The number of benzene rings is 1. The van der Waals surface area contributed by atoms with Crippen molar-refractivity contribution >= 4 is 29.9 Å². The van der Waals surface area contributed by atoms with E-state index in [-0.39, 0.29) is 35.4 Å². The average molecular weight is 496 g/mol. The van der Waals surface area contributed by atoms with Gasteiger partial charge in [-0.1, -0.05) is 30.3 Å². The Kier molecular flexibility index (Phi) is 7.79. The molecule has 0 aromatic heterocycles. The van der Waals surface area contributed by atoms with Gasteiger partial charge in [0, 0.05) is 31.1 Å². The Hall–Kier alpha value is -1.03. The van der Waals surface area contributed by atoms with Crippen molar-refractivity contribution in [1.82, 2.24) is 15.5 Å². The lowest BCUT2D eigenvalue weighted by atomic mass is 9.96. The lowest BCUT2D eigenvalue weighted by Crippen LogP contribution is -2.45. The maximum absolute atomic E-state index is 12.5. The minimum absolute atomic E-state index is 0. The number of hydrogen-bond acceptors (Lipinski definition) is 2. The summed E-state index contributed by atoms with van der Waals surface area (Å²) in [6.07, 6.45) is -1.18. The number of rotatable bonds is 6. The molecule has 1 unspecified atom stereocenters. The highest BCUT2D eigenvalue weighted by atomic mass is 127. The summed E-state index contributed by atoms with van der Waals surface area (Å²) in [5.41, 5.74) is 1.44. The van der Waals surface area contributed by atoms with E-state index in [1.807, 2.05) is 13.0 Å². The van der Waals surface area contributed by atoms with Crippen LogP contribution < -0.4 is 10.6 Å². The summed E-state index contributed by atoms with van der Waals surface area (Å²) in [7, 11) is 0. The van der Waals surface area contributed by atoms with E-state index in [4.69, 9.17) is 4.99 Å². The second kappa shape index (κ2) is 9.45.